The van der Waals surface area contributed by atoms with E-state index in [1.165, 1.54) is 161 Å². The average molecular weight is 1270 g/mol. The number of carbonyl (C=O) groups is 1. The Morgan fingerprint density at radius 2 is 0.689 bits per heavy atom. The van der Waals surface area contributed by atoms with Crippen LogP contribution in [0.1, 0.15) is 309 Å². The lowest BCUT2D eigenvalue weighted by Crippen LogP contribution is -2.45. The Kier molecular flexibility index (Phi) is 66.9. The molecule has 0 aromatic heterocycles. The SMILES string of the molecule is CC/C=C\C/C=C\C/C=C\C/C=C\C/C=C\C/C=C\C/C=C\C/C=C\C/C=C\C/C=C\CCCCCCCCC(=O)NC(COP(=O)([O-])OCC[N+](C)(C)C)C(O)/C=C/CC/C=C/CCCCCCCCCCCCCCCCCCCCCCCCCCC. The molecule has 3 atom stereocenters. The summed E-state index contributed by atoms with van der Waals surface area (Å²) in [5.41, 5.74) is 0. The van der Waals surface area contributed by atoms with Gasteiger partial charge in [0.1, 0.15) is 13.2 Å². The molecule has 9 heteroatoms. The fourth-order valence-corrected chi connectivity index (χ4v) is 11.0. The van der Waals surface area contributed by atoms with E-state index in [0.29, 0.717) is 17.4 Å². The first-order valence-corrected chi connectivity index (χ1v) is 38.7. The molecule has 0 aliphatic carbocycles. The zero-order valence-electron chi connectivity index (χ0n) is 59.0. The Balaban J connectivity index is 4.18. The monoisotopic (exact) mass is 1270 g/mol. The summed E-state index contributed by atoms with van der Waals surface area (Å²) in [5, 5.41) is 13.9. The van der Waals surface area contributed by atoms with Crippen molar-refractivity contribution in [2.45, 2.75) is 321 Å². The second-order valence-electron chi connectivity index (χ2n) is 25.9. The number of phosphoric ester groups is 1. The van der Waals surface area contributed by atoms with Gasteiger partial charge in [-0.1, -0.05) is 339 Å². The van der Waals surface area contributed by atoms with Crippen LogP contribution in [0.4, 0.5) is 0 Å². The van der Waals surface area contributed by atoms with Gasteiger partial charge in [-0.05, 0) is 109 Å². The van der Waals surface area contributed by atoms with Crippen LogP contribution in [-0.4, -0.2) is 68.5 Å². The van der Waals surface area contributed by atoms with E-state index in [4.69, 9.17) is 9.05 Å². The smallest absolute Gasteiger partial charge is 0.268 e. The fourth-order valence-electron chi connectivity index (χ4n) is 10.3. The largest absolute Gasteiger partial charge is 0.756 e. The maximum atomic E-state index is 13.0. The van der Waals surface area contributed by atoms with E-state index >= 15 is 0 Å². The molecular weight excluding hydrogens is 1130 g/mol. The number of nitrogens with one attached hydrogen (secondary N) is 1. The first kappa shape index (κ1) is 86.4. The highest BCUT2D eigenvalue weighted by molar-refractivity contribution is 7.45. The second-order valence-corrected chi connectivity index (χ2v) is 27.3. The van der Waals surface area contributed by atoms with E-state index in [2.05, 4.69) is 153 Å². The van der Waals surface area contributed by atoms with Crippen LogP contribution in [0.15, 0.2) is 146 Å². The lowest BCUT2D eigenvalue weighted by molar-refractivity contribution is -0.870. The summed E-state index contributed by atoms with van der Waals surface area (Å²) in [6, 6.07) is -0.925. The van der Waals surface area contributed by atoms with Crippen LogP contribution in [0, 0.1) is 0 Å². The summed E-state index contributed by atoms with van der Waals surface area (Å²) in [5.74, 6) is -0.225. The lowest BCUT2D eigenvalue weighted by atomic mass is 10.0. The Labute approximate surface area is 557 Å². The van der Waals surface area contributed by atoms with Crippen LogP contribution in [0.5, 0.6) is 0 Å². The molecule has 0 saturated carbocycles. The molecule has 0 saturated heterocycles. The molecule has 0 aromatic rings. The highest BCUT2D eigenvalue weighted by Gasteiger charge is 2.23. The minimum atomic E-state index is -4.63. The van der Waals surface area contributed by atoms with Gasteiger partial charge in [-0.15, -0.1) is 0 Å². The number of likely N-dealkylation sites (N-methyl/N-ethyl adjacent to an activating group) is 1. The summed E-state index contributed by atoms with van der Waals surface area (Å²) in [4.78, 5) is 25.7. The molecule has 1 amide bonds. The van der Waals surface area contributed by atoms with Crippen molar-refractivity contribution in [1.82, 2.24) is 5.32 Å². The number of carbonyl (C=O) groups excluding carboxylic acids is 1. The van der Waals surface area contributed by atoms with E-state index in [-0.39, 0.29) is 12.5 Å². The van der Waals surface area contributed by atoms with Crippen molar-refractivity contribution in [3.8, 4) is 0 Å². The molecule has 0 spiro atoms. The van der Waals surface area contributed by atoms with Crippen LogP contribution < -0.4 is 10.2 Å². The third-order valence-electron chi connectivity index (χ3n) is 16.0. The first-order valence-electron chi connectivity index (χ1n) is 37.2. The quantitative estimate of drug-likeness (QED) is 0.0272. The van der Waals surface area contributed by atoms with Gasteiger partial charge in [0, 0.05) is 6.42 Å². The molecule has 0 rings (SSSR count). The Hall–Kier alpha value is -3.62. The minimum absolute atomic E-state index is 0.0168. The van der Waals surface area contributed by atoms with Crippen LogP contribution in [0.25, 0.3) is 0 Å². The Bertz CT molecular complexity index is 1980. The van der Waals surface area contributed by atoms with Crippen molar-refractivity contribution in [2.24, 2.45) is 0 Å². The molecule has 2 N–H and O–H groups in total. The van der Waals surface area contributed by atoms with Gasteiger partial charge in [-0.2, -0.15) is 0 Å². The third-order valence-corrected chi connectivity index (χ3v) is 17.0. The van der Waals surface area contributed by atoms with E-state index in [1.807, 2.05) is 27.2 Å². The number of quaternary nitrogens is 1. The minimum Gasteiger partial charge on any atom is -0.756 e. The number of unbranched alkanes of at least 4 members (excludes halogenated alkanes) is 32. The van der Waals surface area contributed by atoms with Crippen LogP contribution in [0.3, 0.4) is 0 Å². The molecular formula is C81H141N2O6P. The van der Waals surface area contributed by atoms with Gasteiger partial charge in [-0.25, -0.2) is 0 Å². The first-order chi connectivity index (χ1) is 44.0. The highest BCUT2D eigenvalue weighted by Crippen LogP contribution is 2.38. The maximum Gasteiger partial charge on any atom is 0.268 e. The fraction of sp³-hybridized carbons (Fsp3) is 0.691. The number of allylic oxidation sites excluding steroid dienone is 23. The average Bonchev–Trinajstić information content (AvgIpc) is 3.18. The normalized spacial score (nSPS) is 14.4. The van der Waals surface area contributed by atoms with E-state index in [1.54, 1.807) is 6.08 Å². The molecule has 0 bridgehead atoms. The van der Waals surface area contributed by atoms with Crippen molar-refractivity contribution in [3.63, 3.8) is 0 Å². The molecule has 3 unspecified atom stereocenters. The van der Waals surface area contributed by atoms with Crippen molar-refractivity contribution in [2.75, 3.05) is 40.9 Å². The number of aliphatic hydroxyl groups excluding tert-OH is 1. The predicted octanol–water partition coefficient (Wildman–Crippen LogP) is 23.7. The zero-order chi connectivity index (χ0) is 65.5. The van der Waals surface area contributed by atoms with Gasteiger partial charge in [0.05, 0.1) is 39.9 Å². The number of phosphoric acid groups is 1. The van der Waals surface area contributed by atoms with Gasteiger partial charge in [0.2, 0.25) is 5.91 Å². The van der Waals surface area contributed by atoms with Crippen molar-refractivity contribution >= 4 is 13.7 Å². The van der Waals surface area contributed by atoms with E-state index in [0.717, 1.165) is 128 Å². The number of hydrogen-bond donors (Lipinski definition) is 2. The number of aliphatic hydroxyl groups is 1. The van der Waals surface area contributed by atoms with Gasteiger partial charge < -0.3 is 28.8 Å². The molecule has 0 aliphatic heterocycles. The van der Waals surface area contributed by atoms with Crippen LogP contribution in [-0.2, 0) is 18.4 Å². The van der Waals surface area contributed by atoms with Crippen molar-refractivity contribution in [3.05, 3.63) is 146 Å². The number of nitrogens with zero attached hydrogens (tertiary/aromatic N) is 1. The van der Waals surface area contributed by atoms with Gasteiger partial charge >= 0.3 is 0 Å². The standard InChI is InChI=1S/C81H141N2O6P/c1-6-8-10-12-14-16-18-20-22-24-26-28-30-32-34-36-38-39-40-41-42-43-45-47-49-51-53-55-57-59-61-63-65-67-69-71-73-75-81(85)82-79(78-89-90(86,87)88-77-76-83(3,4)5)80(84)74-72-70-68-66-64-62-60-58-56-54-52-50-48-46-44-37-35-33-31-29-27-25-23-21-19-17-15-13-11-9-7-2/h8,10,14,16,20,22,26,28,32,34,38-39,41-42,45,47,51,53,57,59,64,66,72,74,79-80,84H,6-7,9,11-13,15,17-19,21,23-25,27,29-31,33,35-37,40,43-44,46,48-50,52,54-56,58,60-63,65,67-71,73,75-78H2,1-5H3,(H-,82,85,86,87)/b10-8-,16-14-,22-20-,28-26-,34-32-,39-38-,42-41-,47-45-,53-51-,59-57-,66-64+,74-72+. The van der Waals surface area contributed by atoms with Gasteiger partial charge in [0.15, 0.2) is 0 Å². The van der Waals surface area contributed by atoms with Gasteiger partial charge in [-0.3, -0.25) is 9.36 Å². The van der Waals surface area contributed by atoms with Crippen LogP contribution >= 0.6 is 7.82 Å². The van der Waals surface area contributed by atoms with Gasteiger partial charge in [0.25, 0.3) is 7.82 Å². The Morgan fingerprint density at radius 1 is 0.400 bits per heavy atom. The molecule has 90 heavy (non-hydrogen) atoms. The summed E-state index contributed by atoms with van der Waals surface area (Å²) in [6.45, 7) is 4.52. The highest BCUT2D eigenvalue weighted by atomic mass is 31.2. The Morgan fingerprint density at radius 3 is 1.03 bits per heavy atom. The van der Waals surface area contributed by atoms with Crippen molar-refractivity contribution < 1.29 is 32.9 Å². The molecule has 0 aromatic carbocycles. The third kappa shape index (κ3) is 71.8. The molecule has 8 nitrogen and oxygen atoms in total. The summed E-state index contributed by atoms with van der Waals surface area (Å²) >= 11 is 0. The molecule has 0 aliphatic rings. The van der Waals surface area contributed by atoms with Crippen LogP contribution in [0.2, 0.25) is 0 Å². The second kappa shape index (κ2) is 69.7. The summed E-state index contributed by atoms with van der Waals surface area (Å²) in [7, 11) is 1.22. The summed E-state index contributed by atoms with van der Waals surface area (Å²) in [6.07, 6.45) is 107. The maximum absolute atomic E-state index is 13.0. The van der Waals surface area contributed by atoms with E-state index < -0.39 is 26.6 Å². The zero-order valence-corrected chi connectivity index (χ0v) is 59.9. The topological polar surface area (TPSA) is 108 Å². The van der Waals surface area contributed by atoms with Crippen molar-refractivity contribution in [1.29, 1.82) is 0 Å². The predicted molar refractivity (Wildman–Crippen MR) is 394 cm³/mol. The van der Waals surface area contributed by atoms with E-state index in [9.17, 15) is 19.4 Å². The lowest BCUT2D eigenvalue weighted by Gasteiger charge is -2.29. The molecule has 516 valence electrons. The number of amides is 1. The number of rotatable bonds is 67. The number of hydrogen-bond acceptors (Lipinski definition) is 6. The molecule has 0 heterocycles. The molecule has 0 fully saturated rings. The molecule has 0 radical (unpaired) electrons. The summed E-state index contributed by atoms with van der Waals surface area (Å²) < 4.78 is 23.4.